The lowest BCUT2D eigenvalue weighted by Gasteiger charge is -2.32. The molecule has 1 aliphatic heterocycles. The number of piperidine rings is 1. The Morgan fingerprint density at radius 3 is 2.55 bits per heavy atom. The van der Waals surface area contributed by atoms with Gasteiger partial charge in [0.05, 0.1) is 6.54 Å². The highest BCUT2D eigenvalue weighted by Crippen LogP contribution is 2.17. The third-order valence-corrected chi connectivity index (χ3v) is 3.85. The van der Waals surface area contributed by atoms with Gasteiger partial charge in [0.2, 0.25) is 5.91 Å². The molecule has 1 aromatic carbocycles. The number of nitrogens with one attached hydrogen (secondary N) is 1. The van der Waals surface area contributed by atoms with Crippen LogP contribution in [-0.4, -0.2) is 46.9 Å². The highest BCUT2D eigenvalue weighted by atomic mass is 16.4. The van der Waals surface area contributed by atoms with E-state index in [1.165, 1.54) is 0 Å². The van der Waals surface area contributed by atoms with Crippen LogP contribution in [0.3, 0.4) is 0 Å². The Kier molecular flexibility index (Phi) is 5.14. The van der Waals surface area contributed by atoms with Gasteiger partial charge in [-0.15, -0.1) is 0 Å². The van der Waals surface area contributed by atoms with Crippen LogP contribution in [0.25, 0.3) is 0 Å². The molecule has 1 unspecified atom stereocenters. The van der Waals surface area contributed by atoms with Crippen LogP contribution in [0.1, 0.15) is 35.2 Å². The molecule has 2 N–H and O–H groups in total. The lowest BCUT2D eigenvalue weighted by molar-refractivity contribution is -0.126. The van der Waals surface area contributed by atoms with Gasteiger partial charge < -0.3 is 10.4 Å². The average molecular weight is 304 g/mol. The lowest BCUT2D eigenvalue weighted by atomic mass is 10.0. The van der Waals surface area contributed by atoms with Gasteiger partial charge in [-0.1, -0.05) is 29.8 Å². The van der Waals surface area contributed by atoms with Crippen LogP contribution in [0.2, 0.25) is 0 Å². The van der Waals surface area contributed by atoms with Crippen LogP contribution in [0, 0.1) is 6.92 Å². The van der Waals surface area contributed by atoms with E-state index in [1.54, 1.807) is 12.1 Å². The topological polar surface area (TPSA) is 86.7 Å². The fraction of sp³-hybridized carbons (Fsp3) is 0.438. The number of carbonyl (C=O) groups excluding carboxylic acids is 2. The molecule has 0 radical (unpaired) electrons. The Labute approximate surface area is 129 Å². The smallest absolute Gasteiger partial charge is 0.407 e. The Hall–Kier alpha value is -2.37. The van der Waals surface area contributed by atoms with Gasteiger partial charge in [0.1, 0.15) is 6.04 Å². The summed E-state index contributed by atoms with van der Waals surface area (Å²) in [5.41, 5.74) is 1.59. The minimum absolute atomic E-state index is 0.119. The number of hydrogen-bond donors (Lipinski definition) is 2. The zero-order chi connectivity index (χ0) is 16.1. The van der Waals surface area contributed by atoms with Crippen LogP contribution in [0.15, 0.2) is 24.3 Å². The van der Waals surface area contributed by atoms with Crippen molar-refractivity contribution in [1.82, 2.24) is 10.2 Å². The van der Waals surface area contributed by atoms with Crippen molar-refractivity contribution in [2.75, 3.05) is 13.1 Å². The van der Waals surface area contributed by atoms with E-state index in [0.29, 0.717) is 18.5 Å². The predicted octanol–water partition coefficient (Wildman–Crippen LogP) is 1.83. The van der Waals surface area contributed by atoms with Crippen molar-refractivity contribution in [2.45, 2.75) is 32.2 Å². The van der Waals surface area contributed by atoms with Crippen molar-refractivity contribution in [2.24, 2.45) is 0 Å². The van der Waals surface area contributed by atoms with Gasteiger partial charge in [-0.2, -0.15) is 0 Å². The molecular formula is C16H20N2O4. The van der Waals surface area contributed by atoms with Crippen molar-refractivity contribution in [3.63, 3.8) is 0 Å². The number of nitrogens with zero attached hydrogens (tertiary/aromatic N) is 1. The highest BCUT2D eigenvalue weighted by Gasteiger charge is 2.31. The van der Waals surface area contributed by atoms with E-state index >= 15 is 0 Å². The summed E-state index contributed by atoms with van der Waals surface area (Å²) >= 11 is 0. The number of aryl methyl sites for hydroxylation is 1. The van der Waals surface area contributed by atoms with Crippen LogP contribution < -0.4 is 5.32 Å². The second-order valence-electron chi connectivity index (χ2n) is 5.49. The zero-order valence-electron chi connectivity index (χ0n) is 12.5. The minimum atomic E-state index is -1.09. The summed E-state index contributed by atoms with van der Waals surface area (Å²) in [5, 5.41) is 11.7. The van der Waals surface area contributed by atoms with Crippen LogP contribution in [-0.2, 0) is 4.79 Å². The summed E-state index contributed by atoms with van der Waals surface area (Å²) in [5.74, 6) is -0.589. The number of Topliss-reactive ketones (excluding diaryl/α,β-unsaturated/α-hetero) is 1. The molecule has 1 aliphatic rings. The molecule has 0 aromatic heterocycles. The monoisotopic (exact) mass is 304 g/mol. The minimum Gasteiger partial charge on any atom is -0.465 e. The molecule has 6 nitrogen and oxygen atoms in total. The number of likely N-dealkylation sites (tertiary alicyclic amines) is 1. The molecule has 2 rings (SSSR count). The second-order valence-corrected chi connectivity index (χ2v) is 5.49. The van der Waals surface area contributed by atoms with E-state index in [4.69, 9.17) is 5.11 Å². The number of ketones is 1. The molecule has 1 aromatic rings. The number of carbonyl (C=O) groups is 3. The van der Waals surface area contributed by atoms with Crippen molar-refractivity contribution >= 4 is 17.8 Å². The Bertz CT molecular complexity index is 568. The van der Waals surface area contributed by atoms with E-state index in [1.807, 2.05) is 19.1 Å². The molecule has 2 amide bonds. The van der Waals surface area contributed by atoms with E-state index in [9.17, 15) is 14.4 Å². The van der Waals surface area contributed by atoms with Gasteiger partial charge in [0.25, 0.3) is 0 Å². The first-order chi connectivity index (χ1) is 10.5. The maximum Gasteiger partial charge on any atom is 0.407 e. The maximum atomic E-state index is 12.1. The Morgan fingerprint density at radius 2 is 1.91 bits per heavy atom. The van der Waals surface area contributed by atoms with Gasteiger partial charge >= 0.3 is 6.09 Å². The quantitative estimate of drug-likeness (QED) is 0.831. The summed E-state index contributed by atoms with van der Waals surface area (Å²) in [4.78, 5) is 36.4. The van der Waals surface area contributed by atoms with Gasteiger partial charge in [-0.05, 0) is 26.2 Å². The fourth-order valence-corrected chi connectivity index (χ4v) is 2.56. The molecule has 1 saturated heterocycles. The van der Waals surface area contributed by atoms with Crippen molar-refractivity contribution in [1.29, 1.82) is 0 Å². The Morgan fingerprint density at radius 1 is 1.23 bits per heavy atom. The summed E-state index contributed by atoms with van der Waals surface area (Å²) in [7, 11) is 0. The molecule has 1 fully saturated rings. The molecule has 0 saturated carbocycles. The van der Waals surface area contributed by atoms with Crippen molar-refractivity contribution < 1.29 is 19.5 Å². The number of hydrogen-bond acceptors (Lipinski definition) is 3. The van der Waals surface area contributed by atoms with E-state index in [2.05, 4.69) is 5.32 Å². The van der Waals surface area contributed by atoms with Crippen LogP contribution >= 0.6 is 0 Å². The predicted molar refractivity (Wildman–Crippen MR) is 80.9 cm³/mol. The molecular weight excluding hydrogens is 284 g/mol. The van der Waals surface area contributed by atoms with Crippen molar-refractivity contribution in [3.05, 3.63) is 35.4 Å². The van der Waals surface area contributed by atoms with Crippen LogP contribution in [0.5, 0.6) is 0 Å². The number of amides is 2. The number of benzene rings is 1. The molecule has 22 heavy (non-hydrogen) atoms. The van der Waals surface area contributed by atoms with Gasteiger partial charge in [0, 0.05) is 12.1 Å². The Balaban J connectivity index is 1.92. The van der Waals surface area contributed by atoms with E-state index < -0.39 is 18.0 Å². The SMILES string of the molecule is Cc1ccc(C(=O)CNC(=O)C2CCCCN2C(=O)O)cc1. The first kappa shape index (κ1) is 16.0. The van der Waals surface area contributed by atoms with Crippen LogP contribution in [0.4, 0.5) is 4.79 Å². The van der Waals surface area contributed by atoms with E-state index in [0.717, 1.165) is 23.3 Å². The van der Waals surface area contributed by atoms with E-state index in [-0.39, 0.29) is 12.3 Å². The third kappa shape index (κ3) is 3.84. The maximum absolute atomic E-state index is 12.1. The highest BCUT2D eigenvalue weighted by molar-refractivity contribution is 6.00. The molecule has 1 atom stereocenters. The first-order valence-corrected chi connectivity index (χ1v) is 7.36. The third-order valence-electron chi connectivity index (χ3n) is 3.85. The zero-order valence-corrected chi connectivity index (χ0v) is 12.5. The fourth-order valence-electron chi connectivity index (χ4n) is 2.56. The average Bonchev–Trinajstić information content (AvgIpc) is 2.53. The first-order valence-electron chi connectivity index (χ1n) is 7.36. The lowest BCUT2D eigenvalue weighted by Crippen LogP contribution is -2.52. The largest absolute Gasteiger partial charge is 0.465 e. The summed E-state index contributed by atoms with van der Waals surface area (Å²) in [6, 6.07) is 6.41. The normalized spacial score (nSPS) is 17.9. The molecule has 6 heteroatoms. The molecule has 118 valence electrons. The number of rotatable bonds is 4. The standard InChI is InChI=1S/C16H20N2O4/c1-11-5-7-12(8-6-11)14(19)10-17-15(20)13-4-2-3-9-18(13)16(21)22/h5-8,13H,2-4,9-10H2,1H3,(H,17,20)(H,21,22). The summed E-state index contributed by atoms with van der Waals surface area (Å²) in [6.07, 6.45) is 0.980. The summed E-state index contributed by atoms with van der Waals surface area (Å²) < 4.78 is 0. The van der Waals surface area contributed by atoms with Crippen molar-refractivity contribution in [3.8, 4) is 0 Å². The molecule has 0 spiro atoms. The molecule has 0 aliphatic carbocycles. The van der Waals surface area contributed by atoms with Gasteiger partial charge in [0.15, 0.2) is 5.78 Å². The number of carboxylic acid groups (broad SMARTS) is 1. The van der Waals surface area contributed by atoms with Gasteiger partial charge in [-0.3, -0.25) is 14.5 Å². The molecule has 1 heterocycles. The molecule has 0 bridgehead atoms. The second kappa shape index (κ2) is 7.06. The van der Waals surface area contributed by atoms with Gasteiger partial charge in [-0.25, -0.2) is 4.79 Å². The summed E-state index contributed by atoms with van der Waals surface area (Å²) in [6.45, 7) is 2.17.